The van der Waals surface area contributed by atoms with Gasteiger partial charge in [0.2, 0.25) is 0 Å². The highest BCUT2D eigenvalue weighted by atomic mass is 16.5. The van der Waals surface area contributed by atoms with Crippen LogP contribution >= 0.6 is 0 Å². The molecule has 0 bridgehead atoms. The molecule has 392 valence electrons. The lowest BCUT2D eigenvalue weighted by Crippen LogP contribution is -2.34. The average molecular weight is 932 g/mol. The summed E-state index contributed by atoms with van der Waals surface area (Å²) in [6.45, 7) is 11.6. The molecule has 67 heavy (non-hydrogen) atoms. The number of hydrogen-bond acceptors (Lipinski definition) is 1. The molecule has 0 aromatic carbocycles. The van der Waals surface area contributed by atoms with Crippen LogP contribution in [0, 0.1) is 82.9 Å². The van der Waals surface area contributed by atoms with E-state index in [-0.39, 0.29) is 0 Å². The number of unbranched alkanes of at least 4 members (excludes halogenated alkanes) is 12. The monoisotopic (exact) mass is 931 g/mol. The molecule has 2 unspecified atom stereocenters. The minimum Gasteiger partial charge on any atom is -0.381 e. The van der Waals surface area contributed by atoms with E-state index in [4.69, 9.17) is 4.74 Å². The molecule has 0 aromatic rings. The summed E-state index contributed by atoms with van der Waals surface area (Å²) in [6.07, 6.45) is 69.3. The van der Waals surface area contributed by atoms with Crippen molar-refractivity contribution in [3.63, 3.8) is 0 Å². The first-order valence-electron chi connectivity index (χ1n) is 32.7. The van der Waals surface area contributed by atoms with Gasteiger partial charge in [0.15, 0.2) is 0 Å². The third-order valence-electron chi connectivity index (χ3n) is 22.0. The van der Waals surface area contributed by atoms with E-state index in [0.717, 1.165) is 96.1 Å². The van der Waals surface area contributed by atoms with Gasteiger partial charge in [0.05, 0.1) is 0 Å². The summed E-state index contributed by atoms with van der Waals surface area (Å²) in [7, 11) is 0. The van der Waals surface area contributed by atoms with Gasteiger partial charge in [-0.1, -0.05) is 207 Å². The molecule has 0 aromatic heterocycles. The molecule has 0 amide bonds. The van der Waals surface area contributed by atoms with Crippen molar-refractivity contribution in [2.75, 3.05) is 13.2 Å². The quantitative estimate of drug-likeness (QED) is 0.0611. The van der Waals surface area contributed by atoms with Gasteiger partial charge in [-0.25, -0.2) is 0 Å². The summed E-state index contributed by atoms with van der Waals surface area (Å²) >= 11 is 0. The standard InChI is InChI=1S/C66H122O/c1-5-9-13-15-19-23-55-25-33-57(34-26-55)59-41-45-63(46-42-59)65(61-37-29-53(30-38-61)21-17-11-7-3)49-51-67-52-50-66(62-39-31-54(32-40-62)22-18-12-8-4)64-47-43-60(44-48-64)58-35-27-56(28-36-58)24-20-16-14-10-6-2/h53-66H,5-52H2,1-4H3. The van der Waals surface area contributed by atoms with Gasteiger partial charge in [-0.3, -0.25) is 0 Å². The lowest BCUT2D eigenvalue weighted by Gasteiger charge is -2.43. The minimum absolute atomic E-state index is 0.941. The van der Waals surface area contributed by atoms with E-state index in [9.17, 15) is 0 Å². The normalized spacial score (nSPS) is 34.2. The molecule has 6 rings (SSSR count). The number of rotatable bonds is 32. The fourth-order valence-corrected chi connectivity index (χ4v) is 17.5. The molecule has 6 saturated carbocycles. The molecule has 0 aliphatic heterocycles. The summed E-state index contributed by atoms with van der Waals surface area (Å²) in [5, 5.41) is 0. The summed E-state index contributed by atoms with van der Waals surface area (Å²) < 4.78 is 6.98. The molecule has 1 nitrogen and oxygen atoms in total. The zero-order chi connectivity index (χ0) is 46.7. The van der Waals surface area contributed by atoms with Crippen molar-refractivity contribution in [2.24, 2.45) is 82.9 Å². The number of ether oxygens (including phenoxy) is 1. The van der Waals surface area contributed by atoms with Crippen molar-refractivity contribution >= 4 is 0 Å². The van der Waals surface area contributed by atoms with Gasteiger partial charge in [0, 0.05) is 13.2 Å². The fraction of sp³-hybridized carbons (Fsp3) is 1.00. The third-order valence-corrected chi connectivity index (χ3v) is 22.0. The van der Waals surface area contributed by atoms with Crippen LogP contribution in [-0.4, -0.2) is 13.2 Å². The minimum atomic E-state index is 0.941. The van der Waals surface area contributed by atoms with Crippen molar-refractivity contribution in [1.29, 1.82) is 0 Å². The molecule has 2 atom stereocenters. The Bertz CT molecular complexity index is 1050. The molecular weight excluding hydrogens is 809 g/mol. The second-order valence-electron chi connectivity index (χ2n) is 26.4. The Hall–Kier alpha value is -0.0400. The molecular formula is C66H122O. The van der Waals surface area contributed by atoms with Crippen LogP contribution in [0.25, 0.3) is 0 Å². The molecule has 0 N–H and O–H groups in total. The smallest absolute Gasteiger partial charge is 0.0468 e. The Morgan fingerprint density at radius 2 is 0.493 bits per heavy atom. The van der Waals surface area contributed by atoms with Gasteiger partial charge >= 0.3 is 0 Å². The maximum atomic E-state index is 6.98. The van der Waals surface area contributed by atoms with Crippen LogP contribution in [0.15, 0.2) is 0 Å². The van der Waals surface area contributed by atoms with Gasteiger partial charge in [-0.15, -0.1) is 0 Å². The van der Waals surface area contributed by atoms with Crippen molar-refractivity contribution in [2.45, 2.75) is 323 Å². The van der Waals surface area contributed by atoms with E-state index in [2.05, 4.69) is 27.7 Å². The number of hydrogen-bond donors (Lipinski definition) is 0. The van der Waals surface area contributed by atoms with Crippen LogP contribution in [-0.2, 0) is 4.74 Å². The van der Waals surface area contributed by atoms with Crippen LogP contribution in [0.4, 0.5) is 0 Å². The lowest BCUT2D eigenvalue weighted by atomic mass is 9.63. The third kappa shape index (κ3) is 20.1. The maximum absolute atomic E-state index is 6.98. The van der Waals surface area contributed by atoms with Gasteiger partial charge < -0.3 is 4.74 Å². The second-order valence-corrected chi connectivity index (χ2v) is 26.4. The second kappa shape index (κ2) is 33.6. The van der Waals surface area contributed by atoms with Crippen molar-refractivity contribution in [3.05, 3.63) is 0 Å². The summed E-state index contributed by atoms with van der Waals surface area (Å²) in [4.78, 5) is 0. The van der Waals surface area contributed by atoms with E-state index in [1.807, 2.05) is 0 Å². The highest BCUT2D eigenvalue weighted by Gasteiger charge is 2.39. The topological polar surface area (TPSA) is 9.23 Å². The summed E-state index contributed by atoms with van der Waals surface area (Å²) in [6, 6.07) is 0. The predicted molar refractivity (Wildman–Crippen MR) is 295 cm³/mol. The first kappa shape index (κ1) is 56.3. The Labute approximate surface area is 422 Å². The molecule has 0 heterocycles. The van der Waals surface area contributed by atoms with E-state index in [1.165, 1.54) is 193 Å². The molecule has 0 spiro atoms. The molecule has 6 fully saturated rings. The highest BCUT2D eigenvalue weighted by Crippen LogP contribution is 2.50. The fourth-order valence-electron chi connectivity index (χ4n) is 17.5. The van der Waals surface area contributed by atoms with Crippen molar-refractivity contribution in [1.82, 2.24) is 0 Å². The van der Waals surface area contributed by atoms with E-state index < -0.39 is 0 Å². The molecule has 0 saturated heterocycles. The van der Waals surface area contributed by atoms with Crippen molar-refractivity contribution < 1.29 is 4.74 Å². The zero-order valence-corrected chi connectivity index (χ0v) is 46.4. The van der Waals surface area contributed by atoms with Gasteiger partial charge in [-0.2, -0.15) is 0 Å². The highest BCUT2D eigenvalue weighted by molar-refractivity contribution is 4.90. The zero-order valence-electron chi connectivity index (χ0n) is 46.4. The van der Waals surface area contributed by atoms with E-state index in [0.29, 0.717) is 0 Å². The SMILES string of the molecule is CCCCCCCC1CCC(C2CCC(C(CCOCCC(C3CCC(CCCCC)CC3)C3CCC(C4CCC(CCCCCCC)CC4)CC3)C3CCC(CCCCC)CC3)CC2)CC1. The molecule has 0 radical (unpaired) electrons. The van der Waals surface area contributed by atoms with Crippen molar-refractivity contribution in [3.8, 4) is 0 Å². The first-order valence-corrected chi connectivity index (χ1v) is 32.7. The summed E-state index contributed by atoms with van der Waals surface area (Å²) in [5.41, 5.74) is 0. The molecule has 1 heteroatoms. The predicted octanol–water partition coefficient (Wildman–Crippen LogP) is 21.7. The van der Waals surface area contributed by atoms with Gasteiger partial charge in [0.1, 0.15) is 0 Å². The molecule has 6 aliphatic carbocycles. The Morgan fingerprint density at radius 1 is 0.269 bits per heavy atom. The largest absolute Gasteiger partial charge is 0.381 e. The van der Waals surface area contributed by atoms with Gasteiger partial charge in [0.25, 0.3) is 0 Å². The van der Waals surface area contributed by atoms with Crippen LogP contribution < -0.4 is 0 Å². The van der Waals surface area contributed by atoms with Crippen LogP contribution in [0.3, 0.4) is 0 Å². The van der Waals surface area contributed by atoms with Crippen LogP contribution in [0.2, 0.25) is 0 Å². The van der Waals surface area contributed by atoms with Crippen LogP contribution in [0.5, 0.6) is 0 Å². The van der Waals surface area contributed by atoms with Gasteiger partial charge in [-0.05, 0) is 198 Å². The molecule has 6 aliphatic rings. The lowest BCUT2D eigenvalue weighted by molar-refractivity contribution is 0.0302. The van der Waals surface area contributed by atoms with Crippen LogP contribution in [0.1, 0.15) is 323 Å². The Morgan fingerprint density at radius 3 is 0.791 bits per heavy atom. The summed E-state index contributed by atoms with van der Waals surface area (Å²) in [5.74, 6) is 14.2. The first-order chi connectivity index (χ1) is 33.1. The van der Waals surface area contributed by atoms with E-state index in [1.54, 1.807) is 103 Å². The Kier molecular flexibility index (Phi) is 28.2. The van der Waals surface area contributed by atoms with E-state index >= 15 is 0 Å². The Balaban J connectivity index is 0.967. The maximum Gasteiger partial charge on any atom is 0.0468 e. The average Bonchev–Trinajstić information content (AvgIpc) is 3.37.